The fraction of sp³-hybridized carbons (Fsp3) is 0.400. The van der Waals surface area contributed by atoms with E-state index in [1.54, 1.807) is 6.07 Å². The number of hydrogen-bond donors (Lipinski definition) is 2. The number of fused-ring (bicyclic) bond motifs is 1. The number of aromatic carboxylic acids is 1. The van der Waals surface area contributed by atoms with Gasteiger partial charge in [-0.15, -0.1) is 0 Å². The summed E-state index contributed by atoms with van der Waals surface area (Å²) in [5, 5.41) is 13.2. The highest BCUT2D eigenvalue weighted by atomic mass is 16.4. The molecule has 4 heteroatoms. The Bertz CT molecular complexity index is 617. The van der Waals surface area contributed by atoms with Crippen LogP contribution in [0.3, 0.4) is 0 Å². The van der Waals surface area contributed by atoms with E-state index in [-0.39, 0.29) is 5.76 Å². The number of rotatable bonds is 5. The largest absolute Gasteiger partial charge is 0.475 e. The summed E-state index contributed by atoms with van der Waals surface area (Å²) in [7, 11) is 0. The summed E-state index contributed by atoms with van der Waals surface area (Å²) >= 11 is 0. The summed E-state index contributed by atoms with van der Waals surface area (Å²) in [5.41, 5.74) is 1.77. The fourth-order valence-corrected chi connectivity index (χ4v) is 2.39. The normalized spacial score (nSPS) is 21.7. The molecular formula is C15H17NO3. The zero-order valence-corrected chi connectivity index (χ0v) is 10.8. The van der Waals surface area contributed by atoms with Crippen LogP contribution in [0.2, 0.25) is 0 Å². The van der Waals surface area contributed by atoms with Crippen LogP contribution in [0.15, 0.2) is 28.7 Å². The summed E-state index contributed by atoms with van der Waals surface area (Å²) in [6.45, 7) is 4.15. The van der Waals surface area contributed by atoms with Crippen molar-refractivity contribution in [2.45, 2.75) is 19.9 Å². The van der Waals surface area contributed by atoms with Crippen LogP contribution in [-0.4, -0.2) is 17.6 Å². The molecule has 4 nitrogen and oxygen atoms in total. The van der Waals surface area contributed by atoms with Crippen molar-refractivity contribution in [3.8, 4) is 0 Å². The maximum Gasteiger partial charge on any atom is 0.371 e. The van der Waals surface area contributed by atoms with Gasteiger partial charge in [-0.1, -0.05) is 13.0 Å². The van der Waals surface area contributed by atoms with Crippen molar-refractivity contribution < 1.29 is 14.3 Å². The molecule has 0 saturated heterocycles. The fourth-order valence-electron chi connectivity index (χ4n) is 2.39. The van der Waals surface area contributed by atoms with Crippen LogP contribution in [0.5, 0.6) is 0 Å². The highest BCUT2D eigenvalue weighted by Crippen LogP contribution is 2.36. The van der Waals surface area contributed by atoms with Gasteiger partial charge in [0.25, 0.3) is 0 Å². The highest BCUT2D eigenvalue weighted by Gasteiger charge is 2.31. The number of hydrogen-bond acceptors (Lipinski definition) is 3. The second kappa shape index (κ2) is 4.70. The number of carboxylic acids is 1. The van der Waals surface area contributed by atoms with Gasteiger partial charge in [-0.05, 0) is 48.6 Å². The summed E-state index contributed by atoms with van der Waals surface area (Å²) in [5.74, 6) is 0.656. The molecule has 1 aliphatic carbocycles. The van der Waals surface area contributed by atoms with Crippen molar-refractivity contribution in [1.82, 2.24) is 5.32 Å². The Morgan fingerprint density at radius 3 is 2.95 bits per heavy atom. The van der Waals surface area contributed by atoms with Crippen molar-refractivity contribution in [2.24, 2.45) is 11.8 Å². The van der Waals surface area contributed by atoms with Gasteiger partial charge in [0.2, 0.25) is 5.76 Å². The van der Waals surface area contributed by atoms with Crippen molar-refractivity contribution in [3.63, 3.8) is 0 Å². The molecule has 19 heavy (non-hydrogen) atoms. The van der Waals surface area contributed by atoms with E-state index in [4.69, 9.17) is 9.52 Å². The first-order chi connectivity index (χ1) is 9.13. The van der Waals surface area contributed by atoms with Gasteiger partial charge < -0.3 is 14.8 Å². The van der Waals surface area contributed by atoms with E-state index in [0.29, 0.717) is 5.58 Å². The molecule has 2 N–H and O–H groups in total. The summed E-state index contributed by atoms with van der Waals surface area (Å²) in [6, 6.07) is 7.36. The minimum atomic E-state index is -1.03. The van der Waals surface area contributed by atoms with Crippen molar-refractivity contribution in [3.05, 3.63) is 35.6 Å². The molecule has 0 amide bonds. The molecular weight excluding hydrogens is 242 g/mol. The van der Waals surface area contributed by atoms with Crippen LogP contribution < -0.4 is 5.32 Å². The molecule has 2 atom stereocenters. The summed E-state index contributed by atoms with van der Waals surface area (Å²) in [6.07, 6.45) is 1.33. The van der Waals surface area contributed by atoms with Gasteiger partial charge in [-0.25, -0.2) is 4.79 Å². The van der Waals surface area contributed by atoms with Crippen LogP contribution in [-0.2, 0) is 6.54 Å². The SMILES string of the molecule is CC1CC1CNCc1ccc2oc(C(=O)O)cc2c1. The number of nitrogens with one attached hydrogen (secondary N) is 1. The van der Waals surface area contributed by atoms with Crippen LogP contribution in [0.25, 0.3) is 11.0 Å². The van der Waals surface area contributed by atoms with Crippen molar-refractivity contribution in [1.29, 1.82) is 0 Å². The number of benzene rings is 1. The third-order valence-corrected chi connectivity index (χ3v) is 3.80. The second-order valence-corrected chi connectivity index (χ2v) is 5.39. The average molecular weight is 259 g/mol. The van der Waals surface area contributed by atoms with Crippen LogP contribution in [0, 0.1) is 11.8 Å². The molecule has 100 valence electrons. The van der Waals surface area contributed by atoms with Gasteiger partial charge in [0.05, 0.1) is 0 Å². The number of carboxylic acid groups (broad SMARTS) is 1. The molecule has 0 aliphatic heterocycles. The zero-order chi connectivity index (χ0) is 13.4. The first-order valence-corrected chi connectivity index (χ1v) is 6.60. The van der Waals surface area contributed by atoms with E-state index in [9.17, 15) is 4.79 Å². The lowest BCUT2D eigenvalue weighted by Gasteiger charge is -2.03. The molecule has 0 radical (unpaired) electrons. The standard InChI is InChI=1S/C15H17NO3/c1-9-4-12(9)8-16-7-10-2-3-13-11(5-10)6-14(19-13)15(17)18/h2-3,5-6,9,12,16H,4,7-8H2,1H3,(H,17,18). The quantitative estimate of drug-likeness (QED) is 0.866. The van der Waals surface area contributed by atoms with E-state index in [0.717, 1.165) is 35.9 Å². The molecule has 1 aromatic heterocycles. The summed E-state index contributed by atoms with van der Waals surface area (Å²) < 4.78 is 5.23. The van der Waals surface area contributed by atoms with Crippen LogP contribution in [0.1, 0.15) is 29.5 Å². The highest BCUT2D eigenvalue weighted by molar-refractivity contribution is 5.91. The van der Waals surface area contributed by atoms with Crippen LogP contribution in [0.4, 0.5) is 0 Å². The molecule has 1 saturated carbocycles. The number of carbonyl (C=O) groups is 1. The second-order valence-electron chi connectivity index (χ2n) is 5.39. The van der Waals surface area contributed by atoms with Gasteiger partial charge in [-0.2, -0.15) is 0 Å². The monoisotopic (exact) mass is 259 g/mol. The number of furan rings is 1. The first-order valence-electron chi connectivity index (χ1n) is 6.60. The lowest BCUT2D eigenvalue weighted by Crippen LogP contribution is -2.16. The maximum atomic E-state index is 10.8. The molecule has 2 unspecified atom stereocenters. The molecule has 1 heterocycles. The molecule has 1 aliphatic rings. The average Bonchev–Trinajstić information content (AvgIpc) is 2.91. The Morgan fingerprint density at radius 2 is 2.26 bits per heavy atom. The topological polar surface area (TPSA) is 62.5 Å². The Hall–Kier alpha value is -1.81. The van der Waals surface area contributed by atoms with E-state index >= 15 is 0 Å². The minimum Gasteiger partial charge on any atom is -0.475 e. The third kappa shape index (κ3) is 2.63. The molecule has 1 fully saturated rings. The predicted octanol–water partition coefficient (Wildman–Crippen LogP) is 2.88. The van der Waals surface area contributed by atoms with Gasteiger partial charge in [0.1, 0.15) is 5.58 Å². The van der Waals surface area contributed by atoms with E-state index in [1.807, 2.05) is 18.2 Å². The van der Waals surface area contributed by atoms with Gasteiger partial charge >= 0.3 is 5.97 Å². The van der Waals surface area contributed by atoms with Gasteiger partial charge in [0.15, 0.2) is 0 Å². The van der Waals surface area contributed by atoms with Crippen LogP contribution >= 0.6 is 0 Å². The lowest BCUT2D eigenvalue weighted by atomic mass is 10.1. The Balaban J connectivity index is 1.68. The van der Waals surface area contributed by atoms with Crippen molar-refractivity contribution in [2.75, 3.05) is 6.54 Å². The van der Waals surface area contributed by atoms with Crippen molar-refractivity contribution >= 4 is 16.9 Å². The summed E-state index contributed by atoms with van der Waals surface area (Å²) in [4.78, 5) is 10.8. The zero-order valence-electron chi connectivity index (χ0n) is 10.8. The molecule has 0 spiro atoms. The maximum absolute atomic E-state index is 10.8. The first kappa shape index (κ1) is 12.2. The van der Waals surface area contributed by atoms with E-state index < -0.39 is 5.97 Å². The van der Waals surface area contributed by atoms with Gasteiger partial charge in [0, 0.05) is 11.9 Å². The predicted molar refractivity (Wildman–Crippen MR) is 72.2 cm³/mol. The molecule has 2 aromatic rings. The Labute approximate surface area is 111 Å². The van der Waals surface area contributed by atoms with E-state index in [1.165, 1.54) is 6.42 Å². The van der Waals surface area contributed by atoms with Gasteiger partial charge in [-0.3, -0.25) is 0 Å². The molecule has 3 rings (SSSR count). The molecule has 1 aromatic carbocycles. The Kier molecular flexibility index (Phi) is 3.03. The molecule has 0 bridgehead atoms. The lowest BCUT2D eigenvalue weighted by molar-refractivity contribution is 0.0665. The van der Waals surface area contributed by atoms with E-state index in [2.05, 4.69) is 12.2 Å². The minimum absolute atomic E-state index is 0.00749. The smallest absolute Gasteiger partial charge is 0.371 e. The Morgan fingerprint density at radius 1 is 1.47 bits per heavy atom. The third-order valence-electron chi connectivity index (χ3n) is 3.80.